The van der Waals surface area contributed by atoms with Crippen molar-refractivity contribution in [2.75, 3.05) is 6.61 Å². The fourth-order valence-electron chi connectivity index (χ4n) is 4.25. The molecule has 0 amide bonds. The van der Waals surface area contributed by atoms with Crippen LogP contribution in [0.4, 0.5) is 0 Å². The molecule has 0 heterocycles. The van der Waals surface area contributed by atoms with Crippen molar-refractivity contribution in [3.8, 4) is 5.75 Å². The van der Waals surface area contributed by atoms with Gasteiger partial charge in [-0.1, -0.05) is 74.4 Å². The van der Waals surface area contributed by atoms with Crippen LogP contribution in [0, 0.1) is 0 Å². The summed E-state index contributed by atoms with van der Waals surface area (Å²) in [6, 6.07) is 8.47. The molecule has 0 aliphatic heterocycles. The van der Waals surface area contributed by atoms with E-state index < -0.39 is 16.6 Å². The average Bonchev–Trinajstić information content (AvgIpc) is 2.58. The van der Waals surface area contributed by atoms with Crippen LogP contribution in [-0.2, 0) is 10.8 Å². The molecule has 1 rings (SSSR count). The molecule has 0 saturated carbocycles. The first kappa shape index (κ1) is 26.4. The monoisotopic (exact) mass is 438 g/mol. The summed E-state index contributed by atoms with van der Waals surface area (Å²) < 4.78 is 13.2. The molecule has 0 unspecified atom stereocenters. The molecule has 1 N–H and O–H groups in total. The zero-order chi connectivity index (χ0) is 22.6. The molecule has 29 heavy (non-hydrogen) atoms. The van der Waals surface area contributed by atoms with Crippen LogP contribution in [0.3, 0.4) is 0 Å². The quantitative estimate of drug-likeness (QED) is 0.394. The Kier molecular flexibility index (Phi) is 9.22. The van der Waals surface area contributed by atoms with Gasteiger partial charge < -0.3 is 14.0 Å². The van der Waals surface area contributed by atoms with E-state index in [0.717, 1.165) is 12.2 Å². The summed E-state index contributed by atoms with van der Waals surface area (Å²) >= 11 is 0. The molecule has 0 aliphatic rings. The first-order chi connectivity index (χ1) is 13.2. The van der Waals surface area contributed by atoms with Gasteiger partial charge in [-0.25, -0.2) is 0 Å². The van der Waals surface area contributed by atoms with Crippen molar-refractivity contribution in [1.82, 2.24) is 0 Å². The van der Waals surface area contributed by atoms with E-state index in [9.17, 15) is 5.11 Å². The SMILES string of the molecule is CC(C)[Si](Oc1ccc(C[C@H](CO)O[Si](C)(C)C(C)(C)C)cc1)(C(C)C)C(C)C. The van der Waals surface area contributed by atoms with Crippen LogP contribution >= 0.6 is 0 Å². The zero-order valence-electron chi connectivity index (χ0n) is 20.8. The number of hydrogen-bond donors (Lipinski definition) is 1. The van der Waals surface area contributed by atoms with Gasteiger partial charge in [-0.3, -0.25) is 0 Å². The maximum atomic E-state index is 9.89. The third-order valence-electron chi connectivity index (χ3n) is 6.86. The van der Waals surface area contributed by atoms with Crippen LogP contribution < -0.4 is 4.43 Å². The Labute approximate surface area is 182 Å². The molecule has 0 fully saturated rings. The van der Waals surface area contributed by atoms with E-state index in [-0.39, 0.29) is 17.7 Å². The second-order valence-corrected chi connectivity index (χ2v) is 21.1. The van der Waals surface area contributed by atoms with E-state index in [1.807, 2.05) is 0 Å². The third kappa shape index (κ3) is 6.43. The highest BCUT2D eigenvalue weighted by Crippen LogP contribution is 2.43. The second-order valence-electron chi connectivity index (χ2n) is 11.0. The summed E-state index contributed by atoms with van der Waals surface area (Å²) in [5.41, 5.74) is 2.85. The molecule has 5 heteroatoms. The van der Waals surface area contributed by atoms with Gasteiger partial charge in [0.25, 0.3) is 8.32 Å². The summed E-state index contributed by atoms with van der Waals surface area (Å²) in [5.74, 6) is 0.974. The second kappa shape index (κ2) is 10.1. The highest BCUT2D eigenvalue weighted by molar-refractivity contribution is 6.78. The van der Waals surface area contributed by atoms with Crippen LogP contribution in [-0.4, -0.2) is 34.5 Å². The molecule has 0 spiro atoms. The van der Waals surface area contributed by atoms with Gasteiger partial charge in [0.15, 0.2) is 8.32 Å². The predicted octanol–water partition coefficient (Wildman–Crippen LogP) is 7.17. The van der Waals surface area contributed by atoms with Gasteiger partial charge in [-0.2, -0.15) is 0 Å². The molecular weight excluding hydrogens is 392 g/mol. The third-order valence-corrected chi connectivity index (χ3v) is 17.4. The van der Waals surface area contributed by atoms with Crippen molar-refractivity contribution in [2.24, 2.45) is 0 Å². The van der Waals surface area contributed by atoms with Gasteiger partial charge in [-0.05, 0) is 58.9 Å². The summed E-state index contributed by atoms with van der Waals surface area (Å²) in [4.78, 5) is 0. The van der Waals surface area contributed by atoms with E-state index in [4.69, 9.17) is 8.85 Å². The van der Waals surface area contributed by atoms with Gasteiger partial charge in [-0.15, -0.1) is 0 Å². The lowest BCUT2D eigenvalue weighted by atomic mass is 10.1. The Morgan fingerprint density at radius 3 is 1.66 bits per heavy atom. The topological polar surface area (TPSA) is 38.7 Å². The van der Waals surface area contributed by atoms with E-state index >= 15 is 0 Å². The highest BCUT2D eigenvalue weighted by Gasteiger charge is 2.47. The van der Waals surface area contributed by atoms with Crippen molar-refractivity contribution >= 4 is 16.6 Å². The predicted molar refractivity (Wildman–Crippen MR) is 131 cm³/mol. The lowest BCUT2D eigenvalue weighted by molar-refractivity contribution is 0.103. The van der Waals surface area contributed by atoms with Crippen molar-refractivity contribution in [2.45, 2.75) is 110 Å². The van der Waals surface area contributed by atoms with Crippen molar-refractivity contribution in [3.05, 3.63) is 29.8 Å². The summed E-state index contributed by atoms with van der Waals surface area (Å²) in [6.45, 7) is 25.1. The average molecular weight is 439 g/mol. The molecule has 0 aliphatic carbocycles. The molecular formula is C24H46O3Si2. The van der Waals surface area contributed by atoms with Crippen LogP contribution in [0.5, 0.6) is 5.75 Å². The maximum Gasteiger partial charge on any atom is 0.258 e. The maximum absolute atomic E-state index is 9.89. The minimum Gasteiger partial charge on any atom is -0.543 e. The number of aliphatic hydroxyl groups excluding tert-OH is 1. The van der Waals surface area contributed by atoms with Gasteiger partial charge in [0, 0.05) is 0 Å². The Bertz CT molecular complexity index is 594. The number of hydrogen-bond acceptors (Lipinski definition) is 3. The number of benzene rings is 1. The van der Waals surface area contributed by atoms with Gasteiger partial charge in [0.05, 0.1) is 12.7 Å². The minimum atomic E-state index is -1.94. The van der Waals surface area contributed by atoms with Gasteiger partial charge in [0.2, 0.25) is 0 Å². The molecule has 0 saturated heterocycles. The standard InChI is InChI=1S/C24H46O3Si2/c1-18(2)29(19(3)4,20(5)6)27-22-14-12-21(13-15-22)16-23(17-25)26-28(10,11)24(7,8)9/h12-15,18-20,23,25H,16-17H2,1-11H3/t23-/m1/s1. The summed E-state index contributed by atoms with van der Waals surface area (Å²) in [6.07, 6.45) is 0.572. The Morgan fingerprint density at radius 2 is 1.31 bits per heavy atom. The first-order valence-electron chi connectivity index (χ1n) is 11.2. The fraction of sp³-hybridized carbons (Fsp3) is 0.750. The first-order valence-corrected chi connectivity index (χ1v) is 16.3. The minimum absolute atomic E-state index is 0.0504. The van der Waals surface area contributed by atoms with Gasteiger partial charge >= 0.3 is 0 Å². The number of aliphatic hydroxyl groups is 1. The Morgan fingerprint density at radius 1 is 0.862 bits per heavy atom. The van der Waals surface area contributed by atoms with Crippen LogP contribution in [0.25, 0.3) is 0 Å². The smallest absolute Gasteiger partial charge is 0.258 e. The summed E-state index contributed by atoms with van der Waals surface area (Å²) in [7, 11) is -3.84. The normalized spacial score (nSPS) is 14.7. The van der Waals surface area contributed by atoms with E-state index in [1.165, 1.54) is 5.56 Å². The van der Waals surface area contributed by atoms with Crippen LogP contribution in [0.15, 0.2) is 24.3 Å². The van der Waals surface area contributed by atoms with Crippen molar-refractivity contribution in [3.63, 3.8) is 0 Å². The fourth-order valence-corrected chi connectivity index (χ4v) is 10.8. The highest BCUT2D eigenvalue weighted by atomic mass is 28.4. The molecule has 0 aromatic heterocycles. The van der Waals surface area contributed by atoms with Gasteiger partial charge in [0.1, 0.15) is 5.75 Å². The molecule has 1 atom stereocenters. The summed E-state index contributed by atoms with van der Waals surface area (Å²) in [5, 5.41) is 10.0. The molecule has 1 aromatic carbocycles. The van der Waals surface area contributed by atoms with Crippen LogP contribution in [0.2, 0.25) is 34.8 Å². The molecule has 1 aromatic rings. The number of rotatable bonds is 10. The van der Waals surface area contributed by atoms with E-state index in [1.54, 1.807) is 0 Å². The van der Waals surface area contributed by atoms with E-state index in [0.29, 0.717) is 16.6 Å². The zero-order valence-corrected chi connectivity index (χ0v) is 22.8. The Balaban J connectivity index is 2.95. The molecule has 3 nitrogen and oxygen atoms in total. The van der Waals surface area contributed by atoms with Crippen LogP contribution in [0.1, 0.15) is 67.9 Å². The van der Waals surface area contributed by atoms with Crippen molar-refractivity contribution in [1.29, 1.82) is 0 Å². The Hall–Kier alpha value is -0.626. The largest absolute Gasteiger partial charge is 0.543 e. The lowest BCUT2D eigenvalue weighted by Gasteiger charge is -2.42. The molecule has 0 bridgehead atoms. The van der Waals surface area contributed by atoms with E-state index in [2.05, 4.69) is 99.7 Å². The lowest BCUT2D eigenvalue weighted by Crippen LogP contribution is -2.50. The molecule has 168 valence electrons. The van der Waals surface area contributed by atoms with Crippen molar-refractivity contribution < 1.29 is 14.0 Å². The molecule has 0 radical (unpaired) electrons.